The van der Waals surface area contributed by atoms with Gasteiger partial charge >= 0.3 is 0 Å². The number of hydrogen-bond acceptors (Lipinski definition) is 10. The van der Waals surface area contributed by atoms with Gasteiger partial charge in [-0.3, -0.25) is 19.7 Å². The lowest BCUT2D eigenvalue weighted by Crippen LogP contribution is -2.21. The Hall–Kier alpha value is -4.54. The van der Waals surface area contributed by atoms with E-state index in [-0.39, 0.29) is 22.1 Å². The van der Waals surface area contributed by atoms with Crippen molar-refractivity contribution in [2.45, 2.75) is 10.4 Å². The van der Waals surface area contributed by atoms with Gasteiger partial charge in [0.2, 0.25) is 5.91 Å². The molecule has 36 heavy (non-hydrogen) atoms. The molecule has 0 bridgehead atoms. The number of nitrogens with two attached hydrogens (primary N) is 1. The zero-order valence-corrected chi connectivity index (χ0v) is 20.1. The number of carbonyl (C=O) groups excluding carboxylic acids is 1. The zero-order chi connectivity index (χ0) is 25.8. The highest BCUT2D eigenvalue weighted by atomic mass is 32.2. The molecule has 1 unspecified atom stereocenters. The number of nitro benzene ring substituents is 1. The van der Waals surface area contributed by atoms with Gasteiger partial charge in [-0.05, 0) is 36.4 Å². The van der Waals surface area contributed by atoms with Crippen LogP contribution >= 0.6 is 23.1 Å². The highest BCUT2D eigenvalue weighted by molar-refractivity contribution is 8.00. The van der Waals surface area contributed by atoms with E-state index in [0.717, 1.165) is 11.8 Å². The van der Waals surface area contributed by atoms with E-state index >= 15 is 0 Å². The summed E-state index contributed by atoms with van der Waals surface area (Å²) in [7, 11) is 1.52. The number of nitrogens with zero attached hydrogens (tertiary/aromatic N) is 4. The third-order valence-electron chi connectivity index (χ3n) is 4.98. The zero-order valence-electron chi connectivity index (χ0n) is 18.5. The number of aromatic nitrogens is 3. The highest BCUT2D eigenvalue weighted by Gasteiger charge is 2.26. The molecule has 180 valence electrons. The number of amides is 1. The quantitative estimate of drug-likeness (QED) is 0.152. The predicted octanol–water partition coefficient (Wildman–Crippen LogP) is 3.67. The molecule has 0 aliphatic rings. The molecule has 3 N–H and O–H groups in total. The molecule has 0 aliphatic heterocycles. The second-order valence-corrected chi connectivity index (χ2v) is 9.19. The molecule has 2 heterocycles. The summed E-state index contributed by atoms with van der Waals surface area (Å²) in [5.74, 6) is -0.110. The van der Waals surface area contributed by atoms with E-state index in [9.17, 15) is 25.0 Å². The largest absolute Gasteiger partial charge is 0.497 e. The first-order valence-electron chi connectivity index (χ1n) is 10.2. The fourth-order valence-electron chi connectivity index (χ4n) is 3.21. The number of nitrogens with one attached hydrogen (secondary N) is 1. The molecular weight excluding hydrogens is 504 g/mol. The Morgan fingerprint density at radius 1 is 1.19 bits per heavy atom. The van der Waals surface area contributed by atoms with Crippen molar-refractivity contribution in [1.29, 1.82) is 5.26 Å². The second-order valence-electron chi connectivity index (χ2n) is 7.21. The molecule has 4 aromatic rings. The van der Waals surface area contributed by atoms with Gasteiger partial charge in [-0.25, -0.2) is 9.97 Å². The van der Waals surface area contributed by atoms with Gasteiger partial charge < -0.3 is 15.5 Å². The van der Waals surface area contributed by atoms with Gasteiger partial charge in [-0.1, -0.05) is 11.8 Å². The van der Waals surface area contributed by atoms with Crippen LogP contribution in [-0.2, 0) is 4.79 Å². The Morgan fingerprint density at radius 2 is 1.86 bits per heavy atom. The highest BCUT2D eigenvalue weighted by Crippen LogP contribution is 2.37. The Bertz CT molecular complexity index is 1540. The van der Waals surface area contributed by atoms with E-state index in [0.29, 0.717) is 27.6 Å². The minimum atomic E-state index is -0.985. The van der Waals surface area contributed by atoms with Crippen LogP contribution in [0, 0.1) is 21.4 Å². The van der Waals surface area contributed by atoms with Crippen LogP contribution in [0.3, 0.4) is 0 Å². The molecule has 0 aliphatic carbocycles. The number of nitriles is 1. The van der Waals surface area contributed by atoms with Crippen molar-refractivity contribution in [1.82, 2.24) is 15.0 Å². The summed E-state index contributed by atoms with van der Waals surface area (Å²) in [6.07, 6.45) is 0. The predicted molar refractivity (Wildman–Crippen MR) is 134 cm³/mol. The summed E-state index contributed by atoms with van der Waals surface area (Å²) >= 11 is 2.07. The molecule has 1 atom stereocenters. The van der Waals surface area contributed by atoms with Gasteiger partial charge in [0.15, 0.2) is 5.16 Å². The molecular formula is C23H16N6O5S2. The molecule has 0 radical (unpaired) electrons. The number of methoxy groups -OCH3 is 1. The van der Waals surface area contributed by atoms with E-state index in [1.807, 2.05) is 6.07 Å². The second kappa shape index (κ2) is 10.4. The fourth-order valence-corrected chi connectivity index (χ4v) is 5.12. The minimum absolute atomic E-state index is 0.0525. The van der Waals surface area contributed by atoms with E-state index in [1.165, 1.54) is 30.6 Å². The maximum absolute atomic E-state index is 12.6. The van der Waals surface area contributed by atoms with Gasteiger partial charge in [-0.2, -0.15) is 5.26 Å². The van der Waals surface area contributed by atoms with Crippen LogP contribution in [0.2, 0.25) is 0 Å². The molecule has 0 fully saturated rings. The van der Waals surface area contributed by atoms with E-state index in [2.05, 4.69) is 15.0 Å². The molecule has 1 amide bonds. The fraction of sp³-hybridized carbons (Fsp3) is 0.0870. The summed E-state index contributed by atoms with van der Waals surface area (Å²) < 4.78 is 5.14. The SMILES string of the molecule is COc1ccc(-c2nc(SC(C(N)=O)c3nc(-c4ccc([N+](=O)[O-])cc4)cs3)[nH]c(=O)c2C#N)cc1. The van der Waals surface area contributed by atoms with Crippen molar-refractivity contribution in [2.75, 3.05) is 7.11 Å². The number of rotatable bonds is 8. The van der Waals surface area contributed by atoms with Crippen LogP contribution in [0.4, 0.5) is 5.69 Å². The molecule has 11 nitrogen and oxygen atoms in total. The van der Waals surface area contributed by atoms with Crippen LogP contribution in [0.25, 0.3) is 22.5 Å². The Labute approximate surface area is 211 Å². The number of nitro groups is 1. The van der Waals surface area contributed by atoms with Crippen molar-refractivity contribution in [3.05, 3.63) is 85.0 Å². The monoisotopic (exact) mass is 520 g/mol. The Morgan fingerprint density at radius 3 is 2.44 bits per heavy atom. The number of benzene rings is 2. The van der Waals surface area contributed by atoms with E-state index in [4.69, 9.17) is 10.5 Å². The number of non-ortho nitro benzene ring substituents is 1. The summed E-state index contributed by atoms with van der Waals surface area (Å²) in [4.78, 5) is 46.7. The number of thiazole rings is 1. The Balaban J connectivity index is 1.67. The first kappa shape index (κ1) is 24.6. The third-order valence-corrected chi connectivity index (χ3v) is 7.15. The molecule has 13 heteroatoms. The summed E-state index contributed by atoms with van der Waals surface area (Å²) in [5, 5.41) is 21.5. The molecule has 2 aromatic carbocycles. The Kier molecular flexibility index (Phi) is 7.09. The van der Waals surface area contributed by atoms with Crippen LogP contribution in [0.15, 0.2) is 63.9 Å². The van der Waals surface area contributed by atoms with Crippen molar-refractivity contribution in [3.63, 3.8) is 0 Å². The van der Waals surface area contributed by atoms with Crippen LogP contribution in [-0.4, -0.2) is 32.9 Å². The summed E-state index contributed by atoms with van der Waals surface area (Å²) in [6.45, 7) is 0. The molecule has 0 saturated carbocycles. The maximum Gasteiger partial charge on any atom is 0.270 e. The summed E-state index contributed by atoms with van der Waals surface area (Å²) in [6, 6.07) is 14.4. The smallest absolute Gasteiger partial charge is 0.270 e. The number of hydrogen-bond donors (Lipinski definition) is 2. The van der Waals surface area contributed by atoms with Gasteiger partial charge in [0.05, 0.1) is 23.4 Å². The average molecular weight is 521 g/mol. The molecule has 0 spiro atoms. The minimum Gasteiger partial charge on any atom is -0.497 e. The number of thioether (sulfide) groups is 1. The first-order chi connectivity index (χ1) is 17.3. The number of ether oxygens (including phenoxy) is 1. The number of primary amides is 1. The van der Waals surface area contributed by atoms with Crippen molar-refractivity contribution in [2.24, 2.45) is 5.73 Å². The van der Waals surface area contributed by atoms with E-state index in [1.54, 1.807) is 41.8 Å². The lowest BCUT2D eigenvalue weighted by molar-refractivity contribution is -0.384. The van der Waals surface area contributed by atoms with Gasteiger partial charge in [0, 0.05) is 28.6 Å². The van der Waals surface area contributed by atoms with Gasteiger partial charge in [-0.15, -0.1) is 11.3 Å². The van der Waals surface area contributed by atoms with Crippen molar-refractivity contribution >= 4 is 34.7 Å². The van der Waals surface area contributed by atoms with Crippen molar-refractivity contribution in [3.8, 4) is 34.3 Å². The van der Waals surface area contributed by atoms with Gasteiger partial charge in [0.1, 0.15) is 27.6 Å². The molecule has 4 rings (SSSR count). The lowest BCUT2D eigenvalue weighted by atomic mass is 10.1. The van der Waals surface area contributed by atoms with E-state index < -0.39 is 21.6 Å². The topological polar surface area (TPSA) is 178 Å². The number of H-pyrrole nitrogens is 1. The van der Waals surface area contributed by atoms with Gasteiger partial charge in [0.25, 0.3) is 11.2 Å². The maximum atomic E-state index is 12.6. The molecule has 2 aromatic heterocycles. The third kappa shape index (κ3) is 5.09. The lowest BCUT2D eigenvalue weighted by Gasteiger charge is -2.11. The number of aromatic amines is 1. The standard InChI is InChI=1S/C23H16N6O5S2/c1-34-15-8-4-13(5-9-15)18-16(10-24)21(31)28-23(27-18)36-19(20(25)30)22-26-17(11-35-22)12-2-6-14(7-3-12)29(32)33/h2-9,11,19H,1H3,(H2,25,30)(H,27,28,31). The number of carbonyl (C=O) groups is 1. The van der Waals surface area contributed by atoms with Crippen molar-refractivity contribution < 1.29 is 14.5 Å². The van der Waals surface area contributed by atoms with Crippen LogP contribution < -0.4 is 16.0 Å². The first-order valence-corrected chi connectivity index (χ1v) is 11.9. The average Bonchev–Trinajstić information content (AvgIpc) is 3.36. The molecule has 0 saturated heterocycles. The summed E-state index contributed by atoms with van der Waals surface area (Å²) in [5.41, 5.74) is 6.57. The normalized spacial score (nSPS) is 11.4. The van der Waals surface area contributed by atoms with Crippen LogP contribution in [0.5, 0.6) is 5.75 Å². The van der Waals surface area contributed by atoms with Crippen LogP contribution in [0.1, 0.15) is 15.8 Å².